The van der Waals surface area contributed by atoms with Gasteiger partial charge in [-0.1, -0.05) is 30.3 Å². The second kappa shape index (κ2) is 4.85. The van der Waals surface area contributed by atoms with Gasteiger partial charge in [0.05, 0.1) is 6.54 Å². The van der Waals surface area contributed by atoms with Crippen molar-refractivity contribution in [1.82, 2.24) is 4.90 Å². The molecule has 1 aliphatic heterocycles. The van der Waals surface area contributed by atoms with E-state index >= 15 is 0 Å². The van der Waals surface area contributed by atoms with Crippen molar-refractivity contribution in [2.75, 3.05) is 13.6 Å². The average Bonchev–Trinajstić information content (AvgIpc) is 2.62. The summed E-state index contributed by atoms with van der Waals surface area (Å²) in [6.07, 6.45) is -1.46. The lowest BCUT2D eigenvalue weighted by molar-refractivity contribution is -0.823. The van der Waals surface area contributed by atoms with Gasteiger partial charge in [-0.05, 0) is 0 Å². The molecule has 0 radical (unpaired) electrons. The quantitative estimate of drug-likeness (QED) is 0.825. The van der Waals surface area contributed by atoms with Crippen molar-refractivity contribution >= 4 is 18.1 Å². The number of rotatable bonds is 3. The molecule has 0 bridgehead atoms. The minimum atomic E-state index is -1.74. The lowest BCUT2D eigenvalue weighted by Crippen LogP contribution is -2.67. The topological polar surface area (TPSA) is 94.9 Å². The first-order valence-corrected chi connectivity index (χ1v) is 6.40. The molecule has 1 aromatic rings. The lowest BCUT2D eigenvalue weighted by Gasteiger charge is -2.34. The smallest absolute Gasteiger partial charge is 0.477 e. The molecule has 21 heavy (non-hydrogen) atoms. The number of aliphatic carboxylic acids is 1. The SMILES string of the molecule is CN1CC(C)(C(=O)O)[N+](Cc2ccccc2)(C(=O)O)C1=O. The van der Waals surface area contributed by atoms with Crippen molar-refractivity contribution in [3.8, 4) is 0 Å². The van der Waals surface area contributed by atoms with Gasteiger partial charge in [0.2, 0.25) is 5.54 Å². The van der Waals surface area contributed by atoms with Gasteiger partial charge in [0.25, 0.3) is 0 Å². The third-order valence-corrected chi connectivity index (χ3v) is 4.09. The first kappa shape index (κ1) is 15.0. The molecule has 2 unspecified atom stereocenters. The number of hydrogen-bond donors (Lipinski definition) is 2. The fourth-order valence-electron chi connectivity index (χ4n) is 2.84. The molecular weight excluding hydrogens is 276 g/mol. The van der Waals surface area contributed by atoms with E-state index in [4.69, 9.17) is 0 Å². The van der Waals surface area contributed by atoms with Crippen LogP contribution in [0.25, 0.3) is 0 Å². The number of imide groups is 1. The Bertz CT molecular complexity index is 603. The molecule has 1 saturated heterocycles. The normalized spacial score (nSPS) is 28.7. The van der Waals surface area contributed by atoms with Crippen LogP contribution < -0.4 is 0 Å². The maximum Gasteiger partial charge on any atom is 0.524 e. The highest BCUT2D eigenvalue weighted by atomic mass is 16.4. The van der Waals surface area contributed by atoms with E-state index in [9.17, 15) is 24.6 Å². The van der Waals surface area contributed by atoms with Crippen molar-refractivity contribution in [2.24, 2.45) is 0 Å². The van der Waals surface area contributed by atoms with E-state index in [1.165, 1.54) is 14.0 Å². The van der Waals surface area contributed by atoms with E-state index in [2.05, 4.69) is 0 Å². The monoisotopic (exact) mass is 293 g/mol. The Labute approximate surface area is 121 Å². The minimum Gasteiger partial charge on any atom is -0.477 e. The van der Waals surface area contributed by atoms with Crippen LogP contribution in [0.5, 0.6) is 0 Å². The predicted octanol–water partition coefficient (Wildman–Crippen LogP) is 1.59. The third kappa shape index (κ3) is 1.97. The summed E-state index contributed by atoms with van der Waals surface area (Å²) in [7, 11) is 1.41. The standard InChI is InChI=1S/C14H16N2O5/c1-14(11(17)18)9-15(2)12(19)16(14,13(20)21)8-10-6-4-3-5-7-10/h3-7H,8-9H2,1-2H3,(H-,17,18,20,21)/p+1. The molecule has 2 N–H and O–H groups in total. The van der Waals surface area contributed by atoms with E-state index in [-0.39, 0.29) is 13.1 Å². The van der Waals surface area contributed by atoms with Crippen molar-refractivity contribution in [2.45, 2.75) is 19.0 Å². The second-order valence-corrected chi connectivity index (χ2v) is 5.45. The predicted molar refractivity (Wildman–Crippen MR) is 72.5 cm³/mol. The zero-order chi connectivity index (χ0) is 15.8. The molecule has 112 valence electrons. The highest BCUT2D eigenvalue weighted by Gasteiger charge is 2.70. The Hall–Kier alpha value is -2.41. The molecule has 3 amide bonds. The molecule has 2 atom stereocenters. The van der Waals surface area contributed by atoms with Crippen LogP contribution in [0.3, 0.4) is 0 Å². The van der Waals surface area contributed by atoms with Crippen LogP contribution >= 0.6 is 0 Å². The van der Waals surface area contributed by atoms with E-state index < -0.39 is 28.1 Å². The van der Waals surface area contributed by atoms with Crippen LogP contribution in [-0.2, 0) is 11.3 Å². The molecule has 0 aromatic heterocycles. The fourth-order valence-corrected chi connectivity index (χ4v) is 2.84. The molecular formula is C14H17N2O5+. The summed E-state index contributed by atoms with van der Waals surface area (Å²) in [4.78, 5) is 37.1. The maximum absolute atomic E-state index is 12.4. The minimum absolute atomic E-state index is 0.152. The number of nitrogens with zero attached hydrogens (tertiary/aromatic N) is 2. The number of amides is 3. The Morgan fingerprint density at radius 3 is 2.33 bits per heavy atom. The molecule has 2 rings (SSSR count). The zero-order valence-electron chi connectivity index (χ0n) is 11.8. The molecule has 0 spiro atoms. The summed E-state index contributed by atoms with van der Waals surface area (Å²) < 4.78 is -1.16. The van der Waals surface area contributed by atoms with Crippen LogP contribution in [0.1, 0.15) is 12.5 Å². The van der Waals surface area contributed by atoms with Gasteiger partial charge in [-0.25, -0.2) is 9.59 Å². The van der Waals surface area contributed by atoms with Gasteiger partial charge in [0, 0.05) is 19.5 Å². The Morgan fingerprint density at radius 2 is 1.86 bits per heavy atom. The number of likely N-dealkylation sites (N-methyl/N-ethyl adjacent to an activating group) is 1. The Morgan fingerprint density at radius 1 is 1.29 bits per heavy atom. The van der Waals surface area contributed by atoms with Gasteiger partial charge >= 0.3 is 18.1 Å². The number of carboxylic acids is 1. The average molecular weight is 293 g/mol. The summed E-state index contributed by atoms with van der Waals surface area (Å²) in [5.41, 5.74) is -1.15. The number of carboxylic acid groups (broad SMARTS) is 2. The summed E-state index contributed by atoms with van der Waals surface area (Å²) >= 11 is 0. The number of quaternary nitrogens is 1. The van der Waals surface area contributed by atoms with Crippen LogP contribution in [0.15, 0.2) is 30.3 Å². The number of carbonyl (C=O) groups is 3. The van der Waals surface area contributed by atoms with Gasteiger partial charge in [0.15, 0.2) is 0 Å². The Kier molecular flexibility index (Phi) is 3.46. The molecule has 7 nitrogen and oxygen atoms in total. The van der Waals surface area contributed by atoms with Crippen LogP contribution in [0, 0.1) is 0 Å². The van der Waals surface area contributed by atoms with Gasteiger partial charge in [-0.15, -0.1) is 4.48 Å². The van der Waals surface area contributed by atoms with E-state index in [0.29, 0.717) is 5.56 Å². The van der Waals surface area contributed by atoms with Crippen molar-refractivity contribution in [3.63, 3.8) is 0 Å². The van der Waals surface area contributed by atoms with Crippen molar-refractivity contribution < 1.29 is 29.1 Å². The molecule has 1 aliphatic rings. The molecule has 1 heterocycles. The van der Waals surface area contributed by atoms with E-state index in [0.717, 1.165) is 4.90 Å². The summed E-state index contributed by atoms with van der Waals surface area (Å²) in [5, 5.41) is 19.2. The lowest BCUT2D eigenvalue weighted by atomic mass is 9.97. The van der Waals surface area contributed by atoms with Gasteiger partial charge in [-0.2, -0.15) is 4.79 Å². The molecule has 1 fully saturated rings. The summed E-state index contributed by atoms with van der Waals surface area (Å²) in [6.45, 7) is 0.941. The summed E-state index contributed by atoms with van der Waals surface area (Å²) in [6, 6.07) is 7.83. The summed E-state index contributed by atoms with van der Waals surface area (Å²) in [5.74, 6) is -1.31. The van der Waals surface area contributed by atoms with Crippen molar-refractivity contribution in [1.29, 1.82) is 0 Å². The van der Waals surface area contributed by atoms with Gasteiger partial charge in [0.1, 0.15) is 6.54 Å². The van der Waals surface area contributed by atoms with Gasteiger partial charge in [-0.3, -0.25) is 4.90 Å². The number of carbonyl (C=O) groups excluding carboxylic acids is 1. The highest BCUT2D eigenvalue weighted by Crippen LogP contribution is 2.37. The first-order valence-electron chi connectivity index (χ1n) is 6.40. The van der Waals surface area contributed by atoms with Crippen LogP contribution in [-0.4, -0.2) is 56.8 Å². The largest absolute Gasteiger partial charge is 0.524 e. The van der Waals surface area contributed by atoms with Crippen LogP contribution in [0.2, 0.25) is 0 Å². The third-order valence-electron chi connectivity index (χ3n) is 4.09. The van der Waals surface area contributed by atoms with E-state index in [1.807, 2.05) is 0 Å². The fraction of sp³-hybridized carbons (Fsp3) is 0.357. The second-order valence-electron chi connectivity index (χ2n) is 5.45. The Balaban J connectivity index is 2.61. The first-order chi connectivity index (χ1) is 9.75. The van der Waals surface area contributed by atoms with Crippen molar-refractivity contribution in [3.05, 3.63) is 35.9 Å². The number of benzene rings is 1. The molecule has 7 heteroatoms. The molecule has 0 saturated carbocycles. The highest BCUT2D eigenvalue weighted by molar-refractivity contribution is 5.90. The van der Waals surface area contributed by atoms with Gasteiger partial charge < -0.3 is 10.2 Å². The number of hydrogen-bond acceptors (Lipinski definition) is 3. The number of urea groups is 1. The molecule has 0 aliphatic carbocycles. The van der Waals surface area contributed by atoms with E-state index in [1.54, 1.807) is 30.3 Å². The van der Waals surface area contributed by atoms with Crippen LogP contribution in [0.4, 0.5) is 9.59 Å². The maximum atomic E-state index is 12.4. The molecule has 1 aromatic carbocycles. The zero-order valence-corrected chi connectivity index (χ0v) is 11.8.